The van der Waals surface area contributed by atoms with Gasteiger partial charge in [-0.25, -0.2) is 4.98 Å². The highest BCUT2D eigenvalue weighted by Crippen LogP contribution is 2.32. The lowest BCUT2D eigenvalue weighted by atomic mass is 10.3. The molecule has 1 aliphatic heterocycles. The fourth-order valence-electron chi connectivity index (χ4n) is 1.78. The molecule has 0 fully saturated rings. The third-order valence-corrected chi connectivity index (χ3v) is 4.16. The van der Waals surface area contributed by atoms with E-state index in [0.717, 1.165) is 5.69 Å². The molecule has 0 unspecified atom stereocenters. The topological polar surface area (TPSA) is 62.6 Å². The Balaban J connectivity index is 2.17. The second-order valence-electron chi connectivity index (χ2n) is 3.87. The quantitative estimate of drug-likeness (QED) is 0.811. The van der Waals surface area contributed by atoms with E-state index in [9.17, 15) is 8.42 Å². The summed E-state index contributed by atoms with van der Waals surface area (Å²) in [6.45, 7) is 0. The van der Waals surface area contributed by atoms with E-state index < -0.39 is 10.0 Å². The van der Waals surface area contributed by atoms with E-state index in [1.807, 2.05) is 0 Å². The number of pyridine rings is 1. The Morgan fingerprint density at radius 1 is 1.11 bits per heavy atom. The van der Waals surface area contributed by atoms with E-state index >= 15 is 0 Å². The van der Waals surface area contributed by atoms with Crippen LogP contribution in [-0.4, -0.2) is 19.7 Å². The first kappa shape index (κ1) is 12.1. The van der Waals surface area contributed by atoms with Gasteiger partial charge < -0.3 is 0 Å². The Morgan fingerprint density at radius 2 is 1.84 bits per heavy atom. The molecular formula is C12H8ClN3O2S. The molecule has 96 valence electrons. The average Bonchev–Trinajstić information content (AvgIpc) is 2.41. The molecule has 0 bridgehead atoms. The number of hydrogen-bond donors (Lipinski definition) is 0. The largest absolute Gasteiger partial charge is 0.287 e. The number of sulfonamides is 1. The number of hydrogen-bond acceptors (Lipinski definition) is 4. The molecule has 0 N–H and O–H groups in total. The maximum absolute atomic E-state index is 11.8. The molecule has 0 saturated carbocycles. The summed E-state index contributed by atoms with van der Waals surface area (Å²) < 4.78 is 27.2. The zero-order valence-electron chi connectivity index (χ0n) is 9.56. The first-order chi connectivity index (χ1) is 9.08. The van der Waals surface area contributed by atoms with Crippen LogP contribution in [0.2, 0.25) is 5.02 Å². The molecule has 0 spiro atoms. The second-order valence-corrected chi connectivity index (χ2v) is 5.90. The van der Waals surface area contributed by atoms with Crippen molar-refractivity contribution in [1.29, 1.82) is 0 Å². The zero-order chi connectivity index (χ0) is 13.5. The van der Waals surface area contributed by atoms with Gasteiger partial charge in [0.05, 0.1) is 0 Å². The molecule has 1 aliphatic rings. The smallest absolute Gasteiger partial charge is 0.283 e. The van der Waals surface area contributed by atoms with E-state index in [1.165, 1.54) is 18.6 Å². The summed E-state index contributed by atoms with van der Waals surface area (Å²) >= 11 is 5.83. The fourth-order valence-corrected chi connectivity index (χ4v) is 2.87. The van der Waals surface area contributed by atoms with Gasteiger partial charge in [0.15, 0.2) is 5.82 Å². The first-order valence-electron chi connectivity index (χ1n) is 5.38. The minimum atomic E-state index is -3.65. The number of rotatable bonds is 1. The van der Waals surface area contributed by atoms with Gasteiger partial charge in [-0.3, -0.25) is 4.90 Å². The fraction of sp³-hybridized carbons (Fsp3) is 0. The van der Waals surface area contributed by atoms with Crippen LogP contribution >= 0.6 is 11.6 Å². The van der Waals surface area contributed by atoms with Crippen LogP contribution in [0.1, 0.15) is 0 Å². The average molecular weight is 294 g/mol. The molecule has 7 heteroatoms. The van der Waals surface area contributed by atoms with Gasteiger partial charge in [0, 0.05) is 16.9 Å². The number of anilines is 2. The summed E-state index contributed by atoms with van der Waals surface area (Å²) in [4.78, 5) is 5.81. The Kier molecular flexibility index (Phi) is 2.76. The summed E-state index contributed by atoms with van der Waals surface area (Å²) in [7, 11) is -3.65. The minimum absolute atomic E-state index is 0.0902. The Labute approximate surface area is 115 Å². The predicted molar refractivity (Wildman–Crippen MR) is 73.5 cm³/mol. The van der Waals surface area contributed by atoms with Crippen LogP contribution in [0.3, 0.4) is 0 Å². The summed E-state index contributed by atoms with van der Waals surface area (Å²) in [6.07, 6.45) is 2.78. The van der Waals surface area contributed by atoms with Gasteiger partial charge in [-0.05, 0) is 36.4 Å². The molecule has 0 saturated heterocycles. The number of fused-ring (bicyclic) bond motifs is 1. The van der Waals surface area contributed by atoms with E-state index in [4.69, 9.17) is 11.6 Å². The van der Waals surface area contributed by atoms with Crippen LogP contribution in [0, 0.1) is 0 Å². The number of benzene rings is 1. The van der Waals surface area contributed by atoms with Gasteiger partial charge in [0.25, 0.3) is 10.0 Å². The van der Waals surface area contributed by atoms with Crippen LogP contribution in [0.25, 0.3) is 0 Å². The maximum Gasteiger partial charge on any atom is 0.287 e. The molecule has 2 heterocycles. The Hall–Kier alpha value is -1.92. The van der Waals surface area contributed by atoms with Gasteiger partial charge in [-0.2, -0.15) is 8.42 Å². The number of nitrogens with zero attached hydrogens (tertiary/aromatic N) is 3. The van der Waals surface area contributed by atoms with E-state index in [1.54, 1.807) is 35.2 Å². The second kappa shape index (κ2) is 4.32. The Bertz CT molecular complexity index is 757. The van der Waals surface area contributed by atoms with Crippen LogP contribution in [0.5, 0.6) is 0 Å². The summed E-state index contributed by atoms with van der Waals surface area (Å²) in [6, 6.07) is 10.0. The lowest BCUT2D eigenvalue weighted by Crippen LogP contribution is -2.23. The molecular weight excluding hydrogens is 286 g/mol. The third kappa shape index (κ3) is 2.09. The van der Waals surface area contributed by atoms with Crippen LogP contribution in [-0.2, 0) is 10.0 Å². The normalized spacial score (nSPS) is 16.2. The molecule has 1 aromatic heterocycles. The molecule has 0 amide bonds. The number of aromatic nitrogens is 1. The van der Waals surface area contributed by atoms with Crippen molar-refractivity contribution in [2.45, 2.75) is 4.90 Å². The van der Waals surface area contributed by atoms with Crippen molar-refractivity contribution in [3.63, 3.8) is 0 Å². The standard InChI is InChI=1S/C12H8ClN3O2S/c13-9-3-5-10(6-4-9)16-8-15-19(17,18)11-2-1-7-14-12(11)16/h1-8H. The summed E-state index contributed by atoms with van der Waals surface area (Å²) in [5.74, 6) is 0.333. The maximum atomic E-state index is 11.8. The van der Waals surface area contributed by atoms with Crippen LogP contribution < -0.4 is 4.90 Å². The highest BCUT2D eigenvalue weighted by molar-refractivity contribution is 7.90. The van der Waals surface area contributed by atoms with E-state index in [0.29, 0.717) is 10.8 Å². The van der Waals surface area contributed by atoms with E-state index in [2.05, 4.69) is 9.38 Å². The van der Waals surface area contributed by atoms with Crippen molar-refractivity contribution >= 4 is 39.5 Å². The highest BCUT2D eigenvalue weighted by Gasteiger charge is 2.26. The van der Waals surface area contributed by atoms with Gasteiger partial charge in [0.1, 0.15) is 11.2 Å². The lowest BCUT2D eigenvalue weighted by molar-refractivity contribution is 0.597. The van der Waals surface area contributed by atoms with Crippen molar-refractivity contribution in [3.05, 3.63) is 47.6 Å². The summed E-state index contributed by atoms with van der Waals surface area (Å²) in [5.41, 5.74) is 0.739. The SMILES string of the molecule is O=S1(=O)N=CN(c2ccc(Cl)cc2)c2ncccc21. The predicted octanol–water partition coefficient (Wildman–Crippen LogP) is 2.60. The molecule has 0 aliphatic carbocycles. The van der Waals surface area contributed by atoms with Crippen LogP contribution in [0.4, 0.5) is 11.5 Å². The van der Waals surface area contributed by atoms with Crippen molar-refractivity contribution in [2.75, 3.05) is 4.90 Å². The lowest BCUT2D eigenvalue weighted by Gasteiger charge is -2.23. The molecule has 2 aromatic rings. The Morgan fingerprint density at radius 3 is 2.58 bits per heavy atom. The number of halogens is 1. The van der Waals surface area contributed by atoms with Crippen molar-refractivity contribution in [2.24, 2.45) is 4.40 Å². The van der Waals surface area contributed by atoms with Gasteiger partial charge in [-0.15, -0.1) is 4.40 Å². The van der Waals surface area contributed by atoms with Crippen molar-refractivity contribution < 1.29 is 8.42 Å². The zero-order valence-corrected chi connectivity index (χ0v) is 11.1. The summed E-state index contributed by atoms with van der Waals surface area (Å²) in [5, 5.41) is 0.603. The van der Waals surface area contributed by atoms with Crippen LogP contribution in [0.15, 0.2) is 51.9 Å². The monoisotopic (exact) mass is 293 g/mol. The third-order valence-electron chi connectivity index (χ3n) is 2.66. The molecule has 0 atom stereocenters. The van der Waals surface area contributed by atoms with E-state index in [-0.39, 0.29) is 4.90 Å². The highest BCUT2D eigenvalue weighted by atomic mass is 35.5. The molecule has 19 heavy (non-hydrogen) atoms. The molecule has 1 aromatic carbocycles. The molecule has 3 rings (SSSR count). The van der Waals surface area contributed by atoms with Gasteiger partial charge in [-0.1, -0.05) is 11.6 Å². The minimum Gasteiger partial charge on any atom is -0.283 e. The molecule has 0 radical (unpaired) electrons. The van der Waals surface area contributed by atoms with Crippen molar-refractivity contribution in [3.8, 4) is 0 Å². The van der Waals surface area contributed by atoms with Crippen molar-refractivity contribution in [1.82, 2.24) is 4.98 Å². The van der Waals surface area contributed by atoms with Gasteiger partial charge >= 0.3 is 0 Å². The first-order valence-corrected chi connectivity index (χ1v) is 7.20. The van der Waals surface area contributed by atoms with Gasteiger partial charge in [0.2, 0.25) is 0 Å². The molecule has 5 nitrogen and oxygen atoms in total.